The number of nitrogens with one attached hydrogen (secondary N) is 2. The molecule has 0 spiro atoms. The number of amides is 1. The van der Waals surface area contributed by atoms with Gasteiger partial charge in [-0.15, -0.1) is 11.3 Å². The normalized spacial score (nSPS) is 13.6. The van der Waals surface area contributed by atoms with Crippen LogP contribution in [0.2, 0.25) is 0 Å². The monoisotopic (exact) mass is 515 g/mol. The van der Waals surface area contributed by atoms with Crippen LogP contribution in [0, 0.1) is 0 Å². The number of halogens is 3. The third-order valence-corrected chi connectivity index (χ3v) is 7.67. The molecule has 4 aromatic rings. The summed E-state index contributed by atoms with van der Waals surface area (Å²) in [5.41, 5.74) is 2.95. The summed E-state index contributed by atoms with van der Waals surface area (Å²) in [4.78, 5) is 32.9. The van der Waals surface area contributed by atoms with Gasteiger partial charge in [0.2, 0.25) is 5.91 Å². The van der Waals surface area contributed by atoms with Gasteiger partial charge in [0, 0.05) is 10.9 Å². The van der Waals surface area contributed by atoms with E-state index in [9.17, 15) is 22.8 Å². The predicted molar refractivity (Wildman–Crippen MR) is 133 cm³/mol. The lowest BCUT2D eigenvalue weighted by Crippen LogP contribution is -2.18. The Morgan fingerprint density at radius 2 is 1.89 bits per heavy atom. The van der Waals surface area contributed by atoms with E-state index in [-0.39, 0.29) is 22.2 Å². The summed E-state index contributed by atoms with van der Waals surface area (Å²) in [5, 5.41) is 4.94. The van der Waals surface area contributed by atoms with Crippen LogP contribution in [0.4, 0.5) is 18.9 Å². The molecule has 180 valence electrons. The molecule has 10 heteroatoms. The summed E-state index contributed by atoms with van der Waals surface area (Å²) >= 11 is 2.31. The molecule has 2 aromatic heterocycles. The minimum atomic E-state index is -4.58. The zero-order chi connectivity index (χ0) is 24.6. The van der Waals surface area contributed by atoms with Gasteiger partial charge in [-0.25, -0.2) is 4.98 Å². The molecular formula is C25H20F3N3O2S2. The number of carbonyl (C=O) groups is 1. The van der Waals surface area contributed by atoms with E-state index < -0.39 is 17.6 Å². The first-order valence-corrected chi connectivity index (χ1v) is 12.9. The van der Waals surface area contributed by atoms with Crippen molar-refractivity contribution < 1.29 is 18.0 Å². The quantitative estimate of drug-likeness (QED) is 0.242. The number of anilines is 1. The fourth-order valence-corrected chi connectivity index (χ4v) is 5.94. The topological polar surface area (TPSA) is 74.8 Å². The molecule has 0 fully saturated rings. The van der Waals surface area contributed by atoms with Crippen LogP contribution in [0.25, 0.3) is 21.3 Å². The van der Waals surface area contributed by atoms with E-state index in [4.69, 9.17) is 0 Å². The van der Waals surface area contributed by atoms with Gasteiger partial charge in [-0.05, 0) is 54.5 Å². The van der Waals surface area contributed by atoms with Crippen molar-refractivity contribution in [1.82, 2.24) is 9.97 Å². The minimum absolute atomic E-state index is 0.205. The lowest BCUT2D eigenvalue weighted by molar-refractivity contribution is -0.137. The van der Waals surface area contributed by atoms with Gasteiger partial charge < -0.3 is 10.3 Å². The molecular weight excluding hydrogens is 495 g/mol. The zero-order valence-electron chi connectivity index (χ0n) is 18.4. The number of rotatable bonds is 5. The zero-order valence-corrected chi connectivity index (χ0v) is 20.0. The molecule has 1 amide bonds. The number of para-hydroxylation sites is 1. The summed E-state index contributed by atoms with van der Waals surface area (Å²) in [6, 6.07) is 11.1. The van der Waals surface area contributed by atoms with Gasteiger partial charge in [0.05, 0.1) is 22.4 Å². The molecule has 0 aliphatic heterocycles. The smallest absolute Gasteiger partial charge is 0.325 e. The summed E-state index contributed by atoms with van der Waals surface area (Å²) in [6.07, 6.45) is -0.0957. The number of thiophene rings is 1. The predicted octanol–water partition coefficient (Wildman–Crippen LogP) is 6.28. The standard InChI is InChI=1S/C25H20F3N3O2S2/c26-25(27,28)18-7-3-4-8-19(18)29-20(32)13-35-24-30-22(33)21-17(12-34-23(21)31-24)16-10-9-14-5-1-2-6-15(14)11-16/h3-4,7-12H,1-2,5-6,13H2,(H,29,32)(H,30,31,33). The number of aromatic nitrogens is 2. The van der Waals surface area contributed by atoms with Crippen LogP contribution < -0.4 is 10.9 Å². The van der Waals surface area contributed by atoms with E-state index in [1.807, 2.05) is 11.4 Å². The van der Waals surface area contributed by atoms with Crippen molar-refractivity contribution in [2.75, 3.05) is 11.1 Å². The van der Waals surface area contributed by atoms with Gasteiger partial charge in [-0.3, -0.25) is 9.59 Å². The van der Waals surface area contributed by atoms with Gasteiger partial charge in [0.15, 0.2) is 5.16 Å². The van der Waals surface area contributed by atoms with E-state index >= 15 is 0 Å². The second-order valence-corrected chi connectivity index (χ2v) is 10.1. The number of aryl methyl sites for hydroxylation is 2. The molecule has 5 nitrogen and oxygen atoms in total. The maximum atomic E-state index is 13.1. The second-order valence-electron chi connectivity index (χ2n) is 8.27. The molecule has 0 radical (unpaired) electrons. The third kappa shape index (κ3) is 4.99. The summed E-state index contributed by atoms with van der Waals surface area (Å²) in [5.74, 6) is -0.834. The highest BCUT2D eigenvalue weighted by atomic mass is 32.2. The summed E-state index contributed by atoms with van der Waals surface area (Å²) < 4.78 is 39.4. The minimum Gasteiger partial charge on any atom is -0.325 e. The summed E-state index contributed by atoms with van der Waals surface area (Å²) in [7, 11) is 0. The molecule has 1 aliphatic carbocycles. The number of aromatic amines is 1. The Bertz CT molecular complexity index is 1480. The van der Waals surface area contributed by atoms with Crippen LogP contribution in [0.3, 0.4) is 0 Å². The largest absolute Gasteiger partial charge is 0.418 e. The number of hydrogen-bond donors (Lipinski definition) is 2. The van der Waals surface area contributed by atoms with Crippen molar-refractivity contribution >= 4 is 44.9 Å². The highest BCUT2D eigenvalue weighted by Crippen LogP contribution is 2.35. The van der Waals surface area contributed by atoms with Crippen LogP contribution in [0.15, 0.2) is 57.8 Å². The molecule has 0 atom stereocenters. The van der Waals surface area contributed by atoms with Crippen molar-refractivity contribution in [3.63, 3.8) is 0 Å². The molecule has 2 aromatic carbocycles. The van der Waals surface area contributed by atoms with Crippen LogP contribution >= 0.6 is 23.1 Å². The average Bonchev–Trinajstić information content (AvgIpc) is 3.27. The van der Waals surface area contributed by atoms with E-state index in [0.717, 1.165) is 41.8 Å². The molecule has 35 heavy (non-hydrogen) atoms. The number of carbonyl (C=O) groups excluding carboxylic acids is 1. The maximum Gasteiger partial charge on any atom is 0.418 e. The van der Waals surface area contributed by atoms with Gasteiger partial charge >= 0.3 is 6.18 Å². The van der Waals surface area contributed by atoms with E-state index in [1.54, 1.807) is 0 Å². The first kappa shape index (κ1) is 23.6. The van der Waals surface area contributed by atoms with Crippen LogP contribution in [0.5, 0.6) is 0 Å². The van der Waals surface area contributed by atoms with E-state index in [1.165, 1.54) is 53.5 Å². The Kier molecular flexibility index (Phi) is 6.41. The highest BCUT2D eigenvalue weighted by Gasteiger charge is 2.33. The second kappa shape index (κ2) is 9.50. The number of thioether (sulfide) groups is 1. The van der Waals surface area contributed by atoms with Crippen molar-refractivity contribution in [1.29, 1.82) is 0 Å². The maximum absolute atomic E-state index is 13.1. The molecule has 2 heterocycles. The Hall–Kier alpha value is -3.11. The van der Waals surface area contributed by atoms with Crippen LogP contribution in [-0.4, -0.2) is 21.6 Å². The highest BCUT2D eigenvalue weighted by molar-refractivity contribution is 7.99. The first-order valence-electron chi connectivity index (χ1n) is 11.0. The molecule has 2 N–H and O–H groups in total. The number of benzene rings is 2. The van der Waals surface area contributed by atoms with Gasteiger partial charge in [-0.2, -0.15) is 13.2 Å². The first-order chi connectivity index (χ1) is 16.8. The van der Waals surface area contributed by atoms with Crippen molar-refractivity contribution in [3.8, 4) is 11.1 Å². The van der Waals surface area contributed by atoms with Crippen LogP contribution in [0.1, 0.15) is 29.5 Å². The van der Waals surface area contributed by atoms with Crippen molar-refractivity contribution in [3.05, 3.63) is 74.9 Å². The SMILES string of the molecule is O=C(CSc1nc2scc(-c3ccc4c(c3)CCCC4)c2c(=O)[nH]1)Nc1ccccc1C(F)(F)F. The van der Waals surface area contributed by atoms with Gasteiger partial charge in [-0.1, -0.05) is 42.1 Å². The number of hydrogen-bond acceptors (Lipinski definition) is 5. The van der Waals surface area contributed by atoms with E-state index in [2.05, 4.69) is 27.4 Å². The van der Waals surface area contributed by atoms with E-state index in [0.29, 0.717) is 10.2 Å². The lowest BCUT2D eigenvalue weighted by Gasteiger charge is -2.16. The molecule has 0 saturated heterocycles. The van der Waals surface area contributed by atoms with Crippen molar-refractivity contribution in [2.45, 2.75) is 37.0 Å². The van der Waals surface area contributed by atoms with Crippen LogP contribution in [-0.2, 0) is 23.8 Å². The Labute approximate surface area is 206 Å². The number of H-pyrrole nitrogens is 1. The molecule has 0 unspecified atom stereocenters. The number of nitrogens with zero attached hydrogens (tertiary/aromatic N) is 1. The Morgan fingerprint density at radius 1 is 1.11 bits per heavy atom. The molecule has 1 aliphatic rings. The number of fused-ring (bicyclic) bond motifs is 2. The van der Waals surface area contributed by atoms with Gasteiger partial charge in [0.1, 0.15) is 4.83 Å². The summed E-state index contributed by atoms with van der Waals surface area (Å²) in [6.45, 7) is 0. The molecule has 0 bridgehead atoms. The fraction of sp³-hybridized carbons (Fsp3) is 0.240. The van der Waals surface area contributed by atoms with Crippen molar-refractivity contribution in [2.24, 2.45) is 0 Å². The fourth-order valence-electron chi connectivity index (χ4n) is 4.27. The Morgan fingerprint density at radius 3 is 2.69 bits per heavy atom. The molecule has 5 rings (SSSR count). The average molecular weight is 516 g/mol. The number of alkyl halides is 3. The molecule has 0 saturated carbocycles. The lowest BCUT2D eigenvalue weighted by atomic mass is 9.89. The third-order valence-electron chi connectivity index (χ3n) is 5.93. The van der Waals surface area contributed by atoms with Gasteiger partial charge in [0.25, 0.3) is 5.56 Å². The Balaban J connectivity index is 1.33.